The van der Waals surface area contributed by atoms with Gasteiger partial charge < -0.3 is 0 Å². The number of benzene rings is 1. The molecule has 0 spiro atoms. The van der Waals surface area contributed by atoms with Gasteiger partial charge in [0.1, 0.15) is 0 Å². The van der Waals surface area contributed by atoms with Crippen molar-refractivity contribution >= 4 is 11.6 Å². The van der Waals surface area contributed by atoms with Crippen LogP contribution in [0.4, 0.5) is 0 Å². The molecule has 3 heteroatoms. The number of carbonyl (C=O) groups excluding carboxylic acids is 1. The lowest BCUT2D eigenvalue weighted by Crippen LogP contribution is -2.21. The van der Waals surface area contributed by atoms with Gasteiger partial charge in [-0.25, -0.2) is 5.43 Å². The summed E-state index contributed by atoms with van der Waals surface area (Å²) in [6.07, 6.45) is 5.86. The smallest absolute Gasteiger partial charge is 0.240 e. The van der Waals surface area contributed by atoms with Gasteiger partial charge in [-0.05, 0) is 43.6 Å². The van der Waals surface area contributed by atoms with Crippen LogP contribution in [-0.2, 0) is 11.2 Å². The fraction of sp³-hybridized carbons (Fsp3) is 0.500. The third-order valence-corrected chi connectivity index (χ3v) is 3.76. The van der Waals surface area contributed by atoms with Crippen molar-refractivity contribution in [1.29, 1.82) is 0 Å². The summed E-state index contributed by atoms with van der Waals surface area (Å²) in [5.41, 5.74) is 5.08. The van der Waals surface area contributed by atoms with Crippen LogP contribution in [0.3, 0.4) is 0 Å². The van der Waals surface area contributed by atoms with E-state index in [4.69, 9.17) is 0 Å². The molecule has 0 unspecified atom stereocenters. The molecule has 1 atom stereocenters. The van der Waals surface area contributed by atoms with Crippen molar-refractivity contribution in [2.45, 2.75) is 45.4 Å². The van der Waals surface area contributed by atoms with E-state index in [1.807, 2.05) is 30.3 Å². The third kappa shape index (κ3) is 4.19. The molecule has 0 bridgehead atoms. The van der Waals surface area contributed by atoms with Crippen molar-refractivity contribution in [3.8, 4) is 0 Å². The predicted octanol–water partition coefficient (Wildman–Crippen LogP) is 3.30. The van der Waals surface area contributed by atoms with Crippen LogP contribution in [0.25, 0.3) is 0 Å². The minimum Gasteiger partial charge on any atom is -0.273 e. The summed E-state index contributed by atoms with van der Waals surface area (Å²) in [5, 5.41) is 4.30. The van der Waals surface area contributed by atoms with E-state index >= 15 is 0 Å². The first-order valence-corrected chi connectivity index (χ1v) is 7.18. The van der Waals surface area contributed by atoms with Crippen molar-refractivity contribution < 1.29 is 4.79 Å². The van der Waals surface area contributed by atoms with Gasteiger partial charge in [0, 0.05) is 12.1 Å². The fourth-order valence-corrected chi connectivity index (χ4v) is 2.58. The molecule has 1 aliphatic rings. The second kappa shape index (κ2) is 7.07. The summed E-state index contributed by atoms with van der Waals surface area (Å²) in [6.45, 7) is 2.18. The van der Waals surface area contributed by atoms with E-state index < -0.39 is 0 Å². The molecule has 1 aliphatic carbocycles. The number of hydrogen-bond donors (Lipinski definition) is 1. The number of rotatable bonds is 5. The lowest BCUT2D eigenvalue weighted by molar-refractivity contribution is -0.121. The zero-order chi connectivity index (χ0) is 13.5. The van der Waals surface area contributed by atoms with Crippen LogP contribution in [0.5, 0.6) is 0 Å². The third-order valence-electron chi connectivity index (χ3n) is 3.76. The van der Waals surface area contributed by atoms with Gasteiger partial charge in [-0.3, -0.25) is 4.79 Å². The Kier molecular flexibility index (Phi) is 5.13. The van der Waals surface area contributed by atoms with Crippen LogP contribution in [0.15, 0.2) is 35.4 Å². The Bertz CT molecular complexity index is 439. The Labute approximate surface area is 115 Å². The first kappa shape index (κ1) is 13.8. The molecule has 1 amide bonds. The van der Waals surface area contributed by atoms with E-state index in [9.17, 15) is 4.79 Å². The molecule has 0 radical (unpaired) electrons. The van der Waals surface area contributed by atoms with Crippen molar-refractivity contribution in [3.63, 3.8) is 0 Å². The van der Waals surface area contributed by atoms with Crippen LogP contribution in [0.1, 0.15) is 44.6 Å². The zero-order valence-corrected chi connectivity index (χ0v) is 11.6. The highest BCUT2D eigenvalue weighted by atomic mass is 16.2. The lowest BCUT2D eigenvalue weighted by Gasteiger charge is -2.07. The summed E-state index contributed by atoms with van der Waals surface area (Å²) < 4.78 is 0. The van der Waals surface area contributed by atoms with E-state index in [1.54, 1.807) is 0 Å². The van der Waals surface area contributed by atoms with Crippen molar-refractivity contribution in [2.24, 2.45) is 11.0 Å². The summed E-state index contributed by atoms with van der Waals surface area (Å²) in [7, 11) is 0. The highest BCUT2D eigenvalue weighted by molar-refractivity contribution is 5.89. The Morgan fingerprint density at radius 3 is 2.89 bits per heavy atom. The molecule has 3 nitrogen and oxygen atoms in total. The Morgan fingerprint density at radius 1 is 1.37 bits per heavy atom. The van der Waals surface area contributed by atoms with Crippen LogP contribution >= 0.6 is 0 Å². The predicted molar refractivity (Wildman–Crippen MR) is 78.0 cm³/mol. The first-order chi connectivity index (χ1) is 9.29. The molecule has 1 aromatic rings. The summed E-state index contributed by atoms with van der Waals surface area (Å²) >= 11 is 0. The second-order valence-corrected chi connectivity index (χ2v) is 5.12. The maximum atomic E-state index is 11.7. The molecular formula is C16H22N2O. The average Bonchev–Trinajstić information content (AvgIpc) is 2.91. The topological polar surface area (TPSA) is 41.5 Å². The van der Waals surface area contributed by atoms with Crippen LogP contribution in [0.2, 0.25) is 0 Å². The van der Waals surface area contributed by atoms with Crippen molar-refractivity contribution in [1.82, 2.24) is 5.43 Å². The molecule has 102 valence electrons. The monoisotopic (exact) mass is 258 g/mol. The molecule has 0 aliphatic heterocycles. The molecule has 1 saturated carbocycles. The highest BCUT2D eigenvalue weighted by Crippen LogP contribution is 2.24. The quantitative estimate of drug-likeness (QED) is 0.809. The normalized spacial score (nSPS) is 20.7. The van der Waals surface area contributed by atoms with E-state index in [2.05, 4.69) is 17.5 Å². The number of nitrogens with zero attached hydrogens (tertiary/aromatic N) is 1. The zero-order valence-electron chi connectivity index (χ0n) is 11.6. The van der Waals surface area contributed by atoms with Gasteiger partial charge in [-0.2, -0.15) is 5.10 Å². The van der Waals surface area contributed by atoms with Gasteiger partial charge in [-0.15, -0.1) is 0 Å². The standard InChI is InChI=1S/C16H22N2O/c1-2-14-9-6-10-15(14)17-18-16(19)12-11-13-7-4-3-5-8-13/h3-5,7-8,14H,2,6,9-12H2,1H3,(H,18,19)/b17-15+/t14-/m1/s1. The molecule has 0 heterocycles. The van der Waals surface area contributed by atoms with Gasteiger partial charge in [0.2, 0.25) is 5.91 Å². The molecule has 0 aromatic heterocycles. The number of carbonyl (C=O) groups is 1. The summed E-state index contributed by atoms with van der Waals surface area (Å²) in [5.74, 6) is 0.590. The molecule has 1 aromatic carbocycles. The first-order valence-electron chi connectivity index (χ1n) is 7.18. The van der Waals surface area contributed by atoms with E-state index in [-0.39, 0.29) is 5.91 Å². The molecular weight excluding hydrogens is 236 g/mol. The SMILES string of the molecule is CC[C@@H]1CCC/C1=N\NC(=O)CCc1ccccc1. The largest absolute Gasteiger partial charge is 0.273 e. The molecule has 1 fully saturated rings. The van der Waals surface area contributed by atoms with Crippen LogP contribution in [-0.4, -0.2) is 11.6 Å². The average molecular weight is 258 g/mol. The summed E-state index contributed by atoms with van der Waals surface area (Å²) in [6, 6.07) is 10.1. The van der Waals surface area contributed by atoms with E-state index in [0.717, 1.165) is 19.3 Å². The van der Waals surface area contributed by atoms with Crippen LogP contribution < -0.4 is 5.43 Å². The maximum Gasteiger partial charge on any atom is 0.240 e. The number of aryl methyl sites for hydroxylation is 1. The van der Waals surface area contributed by atoms with Gasteiger partial charge in [0.25, 0.3) is 0 Å². The number of amides is 1. The Hall–Kier alpha value is -1.64. The lowest BCUT2D eigenvalue weighted by atomic mass is 10.0. The molecule has 0 saturated heterocycles. The molecule has 19 heavy (non-hydrogen) atoms. The minimum atomic E-state index is 0.0121. The maximum absolute atomic E-state index is 11.7. The van der Waals surface area contributed by atoms with Crippen LogP contribution in [0, 0.1) is 5.92 Å². The molecule has 2 rings (SSSR count). The van der Waals surface area contributed by atoms with Gasteiger partial charge in [0.15, 0.2) is 0 Å². The minimum absolute atomic E-state index is 0.0121. The van der Waals surface area contributed by atoms with Gasteiger partial charge >= 0.3 is 0 Å². The number of hydrogen-bond acceptors (Lipinski definition) is 2. The van der Waals surface area contributed by atoms with Crippen molar-refractivity contribution in [2.75, 3.05) is 0 Å². The Morgan fingerprint density at radius 2 is 2.16 bits per heavy atom. The van der Waals surface area contributed by atoms with E-state index in [0.29, 0.717) is 12.3 Å². The molecule has 1 N–H and O–H groups in total. The fourth-order valence-electron chi connectivity index (χ4n) is 2.58. The highest BCUT2D eigenvalue weighted by Gasteiger charge is 2.20. The second-order valence-electron chi connectivity index (χ2n) is 5.12. The van der Waals surface area contributed by atoms with Crippen molar-refractivity contribution in [3.05, 3.63) is 35.9 Å². The van der Waals surface area contributed by atoms with Gasteiger partial charge in [-0.1, -0.05) is 37.3 Å². The number of nitrogens with one attached hydrogen (secondary N) is 1. The van der Waals surface area contributed by atoms with Gasteiger partial charge in [0.05, 0.1) is 0 Å². The Balaban J connectivity index is 1.77. The van der Waals surface area contributed by atoms with E-state index in [1.165, 1.54) is 24.1 Å². The summed E-state index contributed by atoms with van der Waals surface area (Å²) in [4.78, 5) is 11.7. The number of hydrazone groups is 1.